The van der Waals surface area contributed by atoms with Crippen LogP contribution in [0.5, 0.6) is 5.75 Å². The van der Waals surface area contributed by atoms with Gasteiger partial charge < -0.3 is 10.5 Å². The van der Waals surface area contributed by atoms with Crippen molar-refractivity contribution in [1.82, 2.24) is 10.2 Å². The van der Waals surface area contributed by atoms with Gasteiger partial charge in [-0.1, -0.05) is 13.8 Å². The van der Waals surface area contributed by atoms with Crippen LogP contribution in [0.2, 0.25) is 0 Å². The van der Waals surface area contributed by atoms with Gasteiger partial charge in [0, 0.05) is 11.6 Å². The lowest BCUT2D eigenvalue weighted by Gasteiger charge is -2.15. The fourth-order valence-electron chi connectivity index (χ4n) is 1.90. The van der Waals surface area contributed by atoms with Gasteiger partial charge in [0.1, 0.15) is 11.6 Å². The first-order chi connectivity index (χ1) is 8.52. The number of halogens is 1. The van der Waals surface area contributed by atoms with E-state index in [1.165, 1.54) is 0 Å². The van der Waals surface area contributed by atoms with Crippen LogP contribution in [0.3, 0.4) is 0 Å². The highest BCUT2D eigenvalue weighted by Gasteiger charge is 2.14. The van der Waals surface area contributed by atoms with E-state index in [0.29, 0.717) is 11.7 Å². The van der Waals surface area contributed by atoms with Gasteiger partial charge in [-0.2, -0.15) is 5.10 Å². The van der Waals surface area contributed by atoms with E-state index < -0.39 is 0 Å². The Balaban J connectivity index is 2.57. The van der Waals surface area contributed by atoms with Crippen molar-refractivity contribution in [2.24, 2.45) is 0 Å². The predicted octanol–water partition coefficient (Wildman–Crippen LogP) is 3.55. The van der Waals surface area contributed by atoms with Crippen molar-refractivity contribution in [3.05, 3.63) is 28.2 Å². The Hall–Kier alpha value is -1.49. The molecule has 1 aromatic carbocycles. The molecule has 0 aliphatic carbocycles. The molecule has 0 saturated heterocycles. The SMILES string of the molecule is COc1c(Br)cc(-c2cc(N)n[nH]2)cc1C(C)C. The van der Waals surface area contributed by atoms with Gasteiger partial charge in [0.2, 0.25) is 0 Å². The van der Waals surface area contributed by atoms with E-state index in [4.69, 9.17) is 10.5 Å². The first-order valence-corrected chi connectivity index (χ1v) is 6.51. The lowest BCUT2D eigenvalue weighted by Crippen LogP contribution is -1.96. The number of hydrogen-bond acceptors (Lipinski definition) is 3. The summed E-state index contributed by atoms with van der Waals surface area (Å²) in [4.78, 5) is 0. The van der Waals surface area contributed by atoms with Crippen LogP contribution in [0.1, 0.15) is 25.3 Å². The van der Waals surface area contributed by atoms with Crippen molar-refractivity contribution in [2.75, 3.05) is 12.8 Å². The summed E-state index contributed by atoms with van der Waals surface area (Å²) in [6.07, 6.45) is 0. The van der Waals surface area contributed by atoms with Crippen molar-refractivity contribution < 1.29 is 4.74 Å². The number of H-pyrrole nitrogens is 1. The molecule has 0 aliphatic heterocycles. The first kappa shape index (κ1) is 13.0. The lowest BCUT2D eigenvalue weighted by atomic mass is 9.98. The summed E-state index contributed by atoms with van der Waals surface area (Å²) in [6, 6.07) is 5.91. The van der Waals surface area contributed by atoms with Crippen LogP contribution < -0.4 is 10.5 Å². The third kappa shape index (κ3) is 2.36. The Kier molecular flexibility index (Phi) is 3.61. The third-order valence-corrected chi connectivity index (χ3v) is 3.40. The second kappa shape index (κ2) is 5.02. The Morgan fingerprint density at radius 2 is 2.06 bits per heavy atom. The van der Waals surface area contributed by atoms with Gasteiger partial charge in [0.05, 0.1) is 17.3 Å². The van der Waals surface area contributed by atoms with Crippen molar-refractivity contribution in [3.8, 4) is 17.0 Å². The average molecular weight is 310 g/mol. The molecule has 1 aromatic heterocycles. The van der Waals surface area contributed by atoms with Gasteiger partial charge in [-0.3, -0.25) is 5.10 Å². The number of hydrogen-bond donors (Lipinski definition) is 2. The summed E-state index contributed by atoms with van der Waals surface area (Å²) in [5, 5.41) is 6.86. The maximum Gasteiger partial charge on any atom is 0.145 e. The van der Waals surface area contributed by atoms with E-state index in [1.54, 1.807) is 7.11 Å². The zero-order chi connectivity index (χ0) is 13.3. The minimum atomic E-state index is 0.372. The van der Waals surface area contributed by atoms with Gasteiger partial charge in [-0.25, -0.2) is 0 Å². The lowest BCUT2D eigenvalue weighted by molar-refractivity contribution is 0.405. The molecule has 0 fully saturated rings. The van der Waals surface area contributed by atoms with E-state index in [1.807, 2.05) is 12.1 Å². The van der Waals surface area contributed by atoms with Gasteiger partial charge in [0.25, 0.3) is 0 Å². The Morgan fingerprint density at radius 3 is 2.56 bits per heavy atom. The number of methoxy groups -OCH3 is 1. The quantitative estimate of drug-likeness (QED) is 0.911. The number of anilines is 1. The van der Waals surface area contributed by atoms with Crippen LogP contribution >= 0.6 is 15.9 Å². The van der Waals surface area contributed by atoms with E-state index >= 15 is 0 Å². The van der Waals surface area contributed by atoms with Crippen LogP contribution in [-0.4, -0.2) is 17.3 Å². The molecule has 0 saturated carbocycles. The van der Waals surface area contributed by atoms with Gasteiger partial charge in [-0.05, 0) is 39.5 Å². The highest BCUT2D eigenvalue weighted by molar-refractivity contribution is 9.10. The molecule has 0 amide bonds. The summed E-state index contributed by atoms with van der Waals surface area (Å²) in [5.41, 5.74) is 8.72. The average Bonchev–Trinajstić information content (AvgIpc) is 2.74. The second-order valence-electron chi connectivity index (χ2n) is 4.44. The maximum absolute atomic E-state index is 5.63. The maximum atomic E-state index is 5.63. The van der Waals surface area contributed by atoms with Crippen LogP contribution in [0.4, 0.5) is 5.82 Å². The minimum Gasteiger partial charge on any atom is -0.495 e. The molecule has 4 nitrogen and oxygen atoms in total. The van der Waals surface area contributed by atoms with Gasteiger partial charge >= 0.3 is 0 Å². The third-order valence-electron chi connectivity index (χ3n) is 2.81. The van der Waals surface area contributed by atoms with E-state index in [2.05, 4.69) is 46.0 Å². The summed E-state index contributed by atoms with van der Waals surface area (Å²) >= 11 is 3.54. The number of ether oxygens (including phenoxy) is 1. The normalized spacial score (nSPS) is 10.9. The fraction of sp³-hybridized carbons (Fsp3) is 0.308. The molecule has 5 heteroatoms. The summed E-state index contributed by atoms with van der Waals surface area (Å²) < 4.78 is 6.37. The van der Waals surface area contributed by atoms with Crippen LogP contribution in [-0.2, 0) is 0 Å². The van der Waals surface area contributed by atoms with Crippen molar-refractivity contribution in [3.63, 3.8) is 0 Å². The molecule has 0 radical (unpaired) electrons. The molecule has 0 atom stereocenters. The van der Waals surface area contributed by atoms with Gasteiger partial charge in [-0.15, -0.1) is 0 Å². The minimum absolute atomic E-state index is 0.372. The molecule has 1 heterocycles. The number of nitrogen functional groups attached to an aromatic ring is 1. The number of aromatic amines is 1. The van der Waals surface area contributed by atoms with Crippen LogP contribution in [0, 0.1) is 0 Å². The zero-order valence-corrected chi connectivity index (χ0v) is 12.2. The standard InChI is InChI=1S/C13H16BrN3O/c1-7(2)9-4-8(5-10(14)13(9)18-3)11-6-12(15)17-16-11/h4-7H,1-3H3,(H3,15,16,17). The van der Waals surface area contributed by atoms with Crippen molar-refractivity contribution >= 4 is 21.7 Å². The number of nitrogens with zero attached hydrogens (tertiary/aromatic N) is 1. The van der Waals surface area contributed by atoms with E-state index in [-0.39, 0.29) is 0 Å². The highest BCUT2D eigenvalue weighted by atomic mass is 79.9. The molecule has 18 heavy (non-hydrogen) atoms. The van der Waals surface area contributed by atoms with Crippen LogP contribution in [0.15, 0.2) is 22.7 Å². The molecule has 96 valence electrons. The molecule has 0 spiro atoms. The molecule has 2 aromatic rings. The molecule has 0 unspecified atom stereocenters. The largest absolute Gasteiger partial charge is 0.495 e. The molecular weight excluding hydrogens is 294 g/mol. The van der Waals surface area contributed by atoms with Crippen molar-refractivity contribution in [1.29, 1.82) is 0 Å². The zero-order valence-electron chi connectivity index (χ0n) is 10.6. The summed E-state index contributed by atoms with van der Waals surface area (Å²) in [6.45, 7) is 4.27. The molecule has 0 bridgehead atoms. The number of rotatable bonds is 3. The highest BCUT2D eigenvalue weighted by Crippen LogP contribution is 2.37. The fourth-order valence-corrected chi connectivity index (χ4v) is 2.54. The Bertz CT molecular complexity index is 563. The number of aromatic nitrogens is 2. The predicted molar refractivity (Wildman–Crippen MR) is 76.8 cm³/mol. The van der Waals surface area contributed by atoms with E-state index in [0.717, 1.165) is 27.0 Å². The Labute approximate surface area is 115 Å². The summed E-state index contributed by atoms with van der Waals surface area (Å²) in [5.74, 6) is 1.74. The van der Waals surface area contributed by atoms with E-state index in [9.17, 15) is 0 Å². The van der Waals surface area contributed by atoms with Gasteiger partial charge in [0.15, 0.2) is 0 Å². The molecule has 3 N–H and O–H groups in total. The summed E-state index contributed by atoms with van der Waals surface area (Å²) in [7, 11) is 1.68. The monoisotopic (exact) mass is 309 g/mol. The van der Waals surface area contributed by atoms with Crippen molar-refractivity contribution in [2.45, 2.75) is 19.8 Å². The Morgan fingerprint density at radius 1 is 1.33 bits per heavy atom. The van der Waals surface area contributed by atoms with Crippen LogP contribution in [0.25, 0.3) is 11.3 Å². The number of benzene rings is 1. The second-order valence-corrected chi connectivity index (χ2v) is 5.30. The first-order valence-electron chi connectivity index (χ1n) is 5.71. The molecule has 2 rings (SSSR count). The molecule has 0 aliphatic rings. The topological polar surface area (TPSA) is 63.9 Å². The molecular formula is C13H16BrN3O. The number of nitrogens with two attached hydrogens (primary N) is 1. The smallest absolute Gasteiger partial charge is 0.145 e. The number of nitrogens with one attached hydrogen (secondary N) is 1.